The van der Waals surface area contributed by atoms with Crippen LogP contribution >= 0.6 is 0 Å². The zero-order valence-corrected chi connectivity index (χ0v) is 58.0. The molecular formula is C81H86N18O3. The van der Waals surface area contributed by atoms with E-state index in [4.69, 9.17) is 36.9 Å². The average molecular weight is 1360 g/mol. The quantitative estimate of drug-likeness (QED) is 0.0586. The highest BCUT2D eigenvalue weighted by Gasteiger charge is 2.38. The van der Waals surface area contributed by atoms with E-state index >= 15 is 0 Å². The highest BCUT2D eigenvalue weighted by molar-refractivity contribution is 5.94. The lowest BCUT2D eigenvalue weighted by Crippen LogP contribution is -2.50. The van der Waals surface area contributed by atoms with E-state index in [0.29, 0.717) is 48.2 Å². The highest BCUT2D eigenvalue weighted by Crippen LogP contribution is 2.42. The molecule has 0 bridgehead atoms. The van der Waals surface area contributed by atoms with Crippen LogP contribution in [-0.4, -0.2) is 116 Å². The number of rotatable bonds is 13. The number of aromatic amines is 3. The van der Waals surface area contributed by atoms with Crippen molar-refractivity contribution in [1.82, 2.24) is 72.8 Å². The summed E-state index contributed by atoms with van der Waals surface area (Å²) in [4.78, 5) is 72.8. The van der Waals surface area contributed by atoms with Gasteiger partial charge in [0.05, 0.1) is 28.5 Å². The van der Waals surface area contributed by atoms with Gasteiger partial charge in [0, 0.05) is 125 Å². The number of nitrogens with one attached hydrogen (secondary N) is 3. The average Bonchev–Trinajstić information content (AvgIpc) is 1.61. The zero-order chi connectivity index (χ0) is 69.6. The van der Waals surface area contributed by atoms with Crippen LogP contribution in [0.1, 0.15) is 145 Å². The first kappa shape index (κ1) is 65.4. The molecule has 2 aliphatic carbocycles. The molecular weight excluding hydrogens is 1270 g/mol. The van der Waals surface area contributed by atoms with Crippen molar-refractivity contribution in [1.29, 1.82) is 0 Å². The van der Waals surface area contributed by atoms with Gasteiger partial charge in [0.15, 0.2) is 0 Å². The second kappa shape index (κ2) is 27.7. The number of ether oxygens (including phenoxy) is 1. The van der Waals surface area contributed by atoms with E-state index in [1.807, 2.05) is 98.5 Å². The van der Waals surface area contributed by atoms with Crippen molar-refractivity contribution in [3.63, 3.8) is 0 Å². The minimum absolute atomic E-state index is 0.102. The third kappa shape index (κ3) is 13.3. The number of hydrogen-bond acceptors (Lipinski definition) is 14. The van der Waals surface area contributed by atoms with Gasteiger partial charge in [-0.05, 0) is 165 Å². The molecule has 102 heavy (non-hydrogen) atoms. The van der Waals surface area contributed by atoms with Crippen molar-refractivity contribution in [2.24, 2.45) is 5.92 Å². The summed E-state index contributed by atoms with van der Waals surface area (Å²) in [6, 6.07) is 41.5. The molecule has 0 radical (unpaired) electrons. The summed E-state index contributed by atoms with van der Waals surface area (Å²) < 4.78 is 11.7. The number of imidazole rings is 3. The Kier molecular flexibility index (Phi) is 17.8. The van der Waals surface area contributed by atoms with Crippen LogP contribution in [0.3, 0.4) is 0 Å². The summed E-state index contributed by atoms with van der Waals surface area (Å²) in [5.74, 6) is 5.83. The van der Waals surface area contributed by atoms with E-state index in [9.17, 15) is 9.59 Å². The number of carbonyl (C=O) groups excluding carboxylic acids is 2. The first-order valence-electron chi connectivity index (χ1n) is 36.1. The van der Waals surface area contributed by atoms with E-state index in [0.717, 1.165) is 184 Å². The Bertz CT molecular complexity index is 5350. The van der Waals surface area contributed by atoms with Gasteiger partial charge in [0.1, 0.15) is 79.9 Å². The number of ketones is 1. The monoisotopic (exact) mass is 1360 g/mol. The Balaban J connectivity index is 0.000000119. The number of anilines is 3. The minimum Gasteiger partial charge on any atom is -0.444 e. The standard InChI is InChI=1S/C30H35N5O.C29H27N7.C22H24N6O2/c31-29-28-27(25-19-23-10-4-5-11-24(23)33-25)34-30(35(28)18-17-32-29)22-15-13-21(14-16-22)26(36)12-6-9-20-7-2-1-3-8-20;30-28-27-26(25-16-22-6-2-4-8-24(22)33-25)34-29(36(27)14-11-31-28)20-9-12-35(13-10-20)18-19-15-21-5-1-3-7-23(21)32-17-19;1-22(2,3)30-21(29)27-11-14(12-27)20-26-17(18-19(23)24-8-9-28(18)20)16-10-13-6-4-5-7-15(13)25-16/h4-5,7,10-11,17-19,21-22,33H,1-3,6,8-9,12-16H2,(H2,31,32);1-8,11,14-17,20,33H,9-10,12-13,18H2,(H2,30,31);4-10,14,25H,11-12H2,1-3H3,(H2,23,24). The number of aromatic nitrogens is 13. The number of Topliss-reactive ketones (excluding diaryl/α,β-unsaturated/α-hetero) is 1. The second-order valence-corrected chi connectivity index (χ2v) is 29.0. The van der Waals surface area contributed by atoms with E-state index < -0.39 is 5.60 Å². The van der Waals surface area contributed by atoms with Crippen molar-refractivity contribution in [2.45, 2.75) is 134 Å². The van der Waals surface area contributed by atoms with Gasteiger partial charge >= 0.3 is 6.09 Å². The van der Waals surface area contributed by atoms with E-state index in [1.165, 1.54) is 36.6 Å². The van der Waals surface area contributed by atoms with Crippen LogP contribution in [0.5, 0.6) is 0 Å². The predicted molar refractivity (Wildman–Crippen MR) is 404 cm³/mol. The summed E-state index contributed by atoms with van der Waals surface area (Å²) >= 11 is 0. The third-order valence-corrected chi connectivity index (χ3v) is 20.9. The van der Waals surface area contributed by atoms with Gasteiger partial charge in [-0.3, -0.25) is 27.9 Å². The fraction of sp³-hybridized carbons (Fsp3) is 0.321. The maximum Gasteiger partial charge on any atom is 0.410 e. The Morgan fingerprint density at radius 2 is 1.02 bits per heavy atom. The summed E-state index contributed by atoms with van der Waals surface area (Å²) in [6.45, 7) is 9.68. The van der Waals surface area contributed by atoms with Gasteiger partial charge in [-0.2, -0.15) is 0 Å². The topological polar surface area (TPSA) is 279 Å². The molecule has 1 saturated carbocycles. The summed E-state index contributed by atoms with van der Waals surface area (Å²) in [6.07, 6.45) is 29.0. The van der Waals surface area contributed by atoms with Crippen molar-refractivity contribution >= 4 is 89.5 Å². The van der Waals surface area contributed by atoms with Crippen molar-refractivity contribution in [2.75, 3.05) is 43.4 Å². The number of allylic oxidation sites excluding steroid dienone is 2. The van der Waals surface area contributed by atoms with E-state index in [1.54, 1.807) is 29.1 Å². The Labute approximate surface area is 590 Å². The molecule has 2 aliphatic heterocycles. The number of fused-ring (bicyclic) bond motifs is 7. The first-order chi connectivity index (χ1) is 49.7. The number of para-hydroxylation sites is 4. The van der Waals surface area contributed by atoms with Gasteiger partial charge in [0.2, 0.25) is 0 Å². The Morgan fingerprint density at radius 1 is 0.549 bits per heavy atom. The van der Waals surface area contributed by atoms with Crippen molar-refractivity contribution in [3.05, 3.63) is 199 Å². The molecule has 21 heteroatoms. The molecule has 21 nitrogen and oxygen atoms in total. The zero-order valence-electron chi connectivity index (χ0n) is 58.0. The second-order valence-electron chi connectivity index (χ2n) is 29.0. The van der Waals surface area contributed by atoms with Crippen LogP contribution in [0.25, 0.3) is 94.3 Å². The number of carbonyl (C=O) groups is 2. The molecule has 518 valence electrons. The minimum atomic E-state index is -0.509. The molecule has 14 aromatic rings. The van der Waals surface area contributed by atoms with Crippen LogP contribution < -0.4 is 17.2 Å². The number of likely N-dealkylation sites (tertiary alicyclic amines) is 2. The lowest BCUT2D eigenvalue weighted by atomic mass is 9.78. The summed E-state index contributed by atoms with van der Waals surface area (Å²) in [7, 11) is 0. The number of amides is 1. The van der Waals surface area contributed by atoms with E-state index in [-0.39, 0.29) is 17.9 Å². The smallest absolute Gasteiger partial charge is 0.410 e. The maximum atomic E-state index is 12.9. The maximum absolute atomic E-state index is 12.9. The molecule has 0 spiro atoms. The van der Waals surface area contributed by atoms with Crippen LogP contribution in [0.15, 0.2) is 176 Å². The van der Waals surface area contributed by atoms with Crippen molar-refractivity contribution < 1.29 is 14.3 Å². The van der Waals surface area contributed by atoms with Gasteiger partial charge in [-0.15, -0.1) is 0 Å². The van der Waals surface area contributed by atoms with Gasteiger partial charge in [-0.1, -0.05) is 84.4 Å². The Hall–Kier alpha value is -11.2. The van der Waals surface area contributed by atoms with Gasteiger partial charge < -0.3 is 41.8 Å². The predicted octanol–water partition coefficient (Wildman–Crippen LogP) is 16.2. The molecule has 2 saturated heterocycles. The lowest BCUT2D eigenvalue weighted by Gasteiger charge is -2.39. The number of piperidine rings is 1. The van der Waals surface area contributed by atoms with Crippen LogP contribution in [0.2, 0.25) is 0 Å². The number of nitrogens with zero attached hydrogens (tertiary/aromatic N) is 12. The number of nitrogen functional groups attached to an aromatic ring is 3. The number of hydrogen-bond donors (Lipinski definition) is 6. The van der Waals surface area contributed by atoms with Gasteiger partial charge in [0.25, 0.3) is 0 Å². The lowest BCUT2D eigenvalue weighted by molar-refractivity contribution is -0.124. The summed E-state index contributed by atoms with van der Waals surface area (Å²) in [5, 5.41) is 4.62. The fourth-order valence-corrected chi connectivity index (χ4v) is 15.7. The van der Waals surface area contributed by atoms with Crippen LogP contribution in [0, 0.1) is 5.92 Å². The molecule has 4 aromatic carbocycles. The molecule has 18 rings (SSSR count). The molecule has 9 N–H and O–H groups in total. The molecule has 1 amide bonds. The van der Waals surface area contributed by atoms with Gasteiger partial charge in [-0.25, -0.2) is 34.7 Å². The SMILES string of the molecule is CC(C)(C)OC(=O)N1CC(c2nc(-c3cc4ccccc4[nH]3)c3c(N)nccn23)C1.Nc1nccn2c(C3CCC(C(=O)CCCC4=CCCCC4)CC3)nc(-c3cc4ccccc4[nH]3)c12.Nc1nccn2c(C3CCN(Cc4cnc5ccccc5c4)CC3)nc(-c3cc4ccccc4[nH]3)c12. The molecule has 10 aromatic heterocycles. The number of H-pyrrole nitrogens is 3. The van der Waals surface area contributed by atoms with Crippen LogP contribution in [0.4, 0.5) is 22.2 Å². The van der Waals surface area contributed by atoms with Crippen LogP contribution in [-0.2, 0) is 16.1 Å². The molecule has 12 heterocycles. The molecule has 0 atom stereocenters. The number of nitrogens with two attached hydrogens (primary N) is 3. The fourth-order valence-electron chi connectivity index (χ4n) is 15.7. The normalized spacial score (nSPS) is 17.1. The first-order valence-corrected chi connectivity index (χ1v) is 36.1. The largest absolute Gasteiger partial charge is 0.444 e. The number of pyridine rings is 1. The molecule has 4 aliphatic rings. The third-order valence-electron chi connectivity index (χ3n) is 20.9. The highest BCUT2D eigenvalue weighted by atomic mass is 16.6. The van der Waals surface area contributed by atoms with Crippen molar-refractivity contribution in [3.8, 4) is 34.2 Å². The summed E-state index contributed by atoms with van der Waals surface area (Å²) in [5.41, 5.74) is 33.4. The van der Waals surface area contributed by atoms with E-state index in [2.05, 4.69) is 127 Å². The molecule has 3 fully saturated rings. The Morgan fingerprint density at radius 3 is 1.50 bits per heavy atom. The number of benzene rings is 4. The molecule has 0 unspecified atom stereocenters.